The van der Waals surface area contributed by atoms with Gasteiger partial charge in [0.05, 0.1) is 13.2 Å². The van der Waals surface area contributed by atoms with E-state index in [1.54, 1.807) is 7.11 Å². The summed E-state index contributed by atoms with van der Waals surface area (Å²) >= 11 is 0. The molecule has 0 rings (SSSR count). The van der Waals surface area contributed by atoms with E-state index in [1.807, 2.05) is 0 Å². The first kappa shape index (κ1) is 12.9. The quantitative estimate of drug-likeness (QED) is 0.491. The van der Waals surface area contributed by atoms with Crippen molar-refractivity contribution in [2.75, 3.05) is 26.9 Å². The fourth-order valence-electron chi connectivity index (χ4n) is 1.23. The lowest BCUT2D eigenvalue weighted by Crippen LogP contribution is -2.02. The molecule has 0 aliphatic heterocycles. The smallest absolute Gasteiger partial charge is 0.0700 e. The monoisotopic (exact) mass is 188 g/mol. The van der Waals surface area contributed by atoms with Gasteiger partial charge in [-0.15, -0.1) is 0 Å². The first-order valence-corrected chi connectivity index (χ1v) is 5.48. The molecule has 0 N–H and O–H groups in total. The number of hydrogen-bond donors (Lipinski definition) is 0. The Balaban J connectivity index is 2.76. The van der Waals surface area contributed by atoms with Gasteiger partial charge in [0.25, 0.3) is 0 Å². The molecule has 0 aliphatic carbocycles. The summed E-state index contributed by atoms with van der Waals surface area (Å²) in [6, 6.07) is 0. The molecule has 0 bridgehead atoms. The van der Waals surface area contributed by atoms with Gasteiger partial charge in [0.1, 0.15) is 0 Å². The summed E-state index contributed by atoms with van der Waals surface area (Å²) in [5.74, 6) is 0. The molecule has 2 nitrogen and oxygen atoms in total. The number of unbranched alkanes of at least 4 members (excludes halogenated alkanes) is 5. The van der Waals surface area contributed by atoms with Crippen LogP contribution in [0.15, 0.2) is 0 Å². The van der Waals surface area contributed by atoms with Crippen LogP contribution in [0.4, 0.5) is 0 Å². The minimum atomic E-state index is 0.718. The van der Waals surface area contributed by atoms with Gasteiger partial charge in [0.2, 0.25) is 0 Å². The Morgan fingerprint density at radius 1 is 0.769 bits per heavy atom. The third-order valence-electron chi connectivity index (χ3n) is 2.07. The Hall–Kier alpha value is -0.0800. The Morgan fingerprint density at radius 3 is 2.15 bits per heavy atom. The molecular formula is C11H24O2. The van der Waals surface area contributed by atoms with Gasteiger partial charge in [0, 0.05) is 13.7 Å². The largest absolute Gasteiger partial charge is 0.382 e. The number of rotatable bonds is 10. The van der Waals surface area contributed by atoms with Crippen molar-refractivity contribution in [3.63, 3.8) is 0 Å². The number of ether oxygens (including phenoxy) is 2. The zero-order chi connectivity index (χ0) is 9.78. The third kappa shape index (κ3) is 11.9. The van der Waals surface area contributed by atoms with E-state index < -0.39 is 0 Å². The maximum atomic E-state index is 5.36. The van der Waals surface area contributed by atoms with Crippen molar-refractivity contribution in [1.82, 2.24) is 0 Å². The van der Waals surface area contributed by atoms with Crippen LogP contribution in [0.25, 0.3) is 0 Å². The molecule has 0 spiro atoms. The molecule has 0 aliphatic rings. The zero-order valence-corrected chi connectivity index (χ0v) is 9.18. The molecule has 0 aromatic rings. The molecule has 80 valence electrons. The summed E-state index contributed by atoms with van der Waals surface area (Å²) < 4.78 is 10.2. The topological polar surface area (TPSA) is 18.5 Å². The molecule has 0 fully saturated rings. The van der Waals surface area contributed by atoms with Crippen molar-refractivity contribution in [3.8, 4) is 0 Å². The highest BCUT2D eigenvalue weighted by Gasteiger charge is 1.90. The molecule has 0 saturated carbocycles. The van der Waals surface area contributed by atoms with E-state index in [0.717, 1.165) is 19.8 Å². The molecule has 0 aromatic carbocycles. The van der Waals surface area contributed by atoms with E-state index in [0.29, 0.717) is 0 Å². The van der Waals surface area contributed by atoms with Crippen molar-refractivity contribution >= 4 is 0 Å². The first-order valence-electron chi connectivity index (χ1n) is 5.48. The average molecular weight is 188 g/mol. The van der Waals surface area contributed by atoms with E-state index in [1.165, 1.54) is 38.5 Å². The zero-order valence-electron chi connectivity index (χ0n) is 9.18. The summed E-state index contributed by atoms with van der Waals surface area (Å²) in [6.45, 7) is 4.60. The number of hydrogen-bond acceptors (Lipinski definition) is 2. The van der Waals surface area contributed by atoms with Crippen LogP contribution >= 0.6 is 0 Å². The summed E-state index contributed by atoms with van der Waals surface area (Å²) in [5.41, 5.74) is 0. The van der Waals surface area contributed by atoms with Gasteiger partial charge in [-0.1, -0.05) is 39.0 Å². The van der Waals surface area contributed by atoms with Crippen LogP contribution in [0.1, 0.15) is 45.4 Å². The van der Waals surface area contributed by atoms with Gasteiger partial charge in [-0.3, -0.25) is 0 Å². The van der Waals surface area contributed by atoms with Gasteiger partial charge in [-0.2, -0.15) is 0 Å². The van der Waals surface area contributed by atoms with E-state index in [9.17, 15) is 0 Å². The molecular weight excluding hydrogens is 164 g/mol. The van der Waals surface area contributed by atoms with Gasteiger partial charge < -0.3 is 9.47 Å². The van der Waals surface area contributed by atoms with Crippen LogP contribution in [0.3, 0.4) is 0 Å². The summed E-state index contributed by atoms with van der Waals surface area (Å²) in [6.07, 6.45) is 7.96. The molecule has 13 heavy (non-hydrogen) atoms. The maximum absolute atomic E-state index is 5.36. The standard InChI is InChI=1S/C11H24O2/c1-3-4-5-6-7-8-9-13-11-10-12-2/h3-11H2,1-2H3. The summed E-state index contributed by atoms with van der Waals surface area (Å²) in [4.78, 5) is 0. The van der Waals surface area contributed by atoms with Crippen LogP contribution in [0.5, 0.6) is 0 Å². The summed E-state index contributed by atoms with van der Waals surface area (Å²) in [5, 5.41) is 0. The molecule has 0 amide bonds. The first-order chi connectivity index (χ1) is 6.41. The normalized spacial score (nSPS) is 10.6. The van der Waals surface area contributed by atoms with Crippen molar-refractivity contribution in [2.24, 2.45) is 0 Å². The van der Waals surface area contributed by atoms with Crippen molar-refractivity contribution in [2.45, 2.75) is 45.4 Å². The molecule has 0 saturated heterocycles. The lowest BCUT2D eigenvalue weighted by molar-refractivity contribution is 0.0685. The fraction of sp³-hybridized carbons (Fsp3) is 1.00. The molecule has 0 atom stereocenters. The van der Waals surface area contributed by atoms with Gasteiger partial charge in [-0.25, -0.2) is 0 Å². The molecule has 0 aromatic heterocycles. The van der Waals surface area contributed by atoms with Gasteiger partial charge in [0.15, 0.2) is 0 Å². The number of methoxy groups -OCH3 is 1. The second-order valence-corrected chi connectivity index (χ2v) is 3.37. The predicted octanol–water partition coefficient (Wildman–Crippen LogP) is 3.01. The van der Waals surface area contributed by atoms with E-state index in [-0.39, 0.29) is 0 Å². The highest BCUT2D eigenvalue weighted by Crippen LogP contribution is 2.04. The van der Waals surface area contributed by atoms with Gasteiger partial charge >= 0.3 is 0 Å². The molecule has 0 radical (unpaired) electrons. The van der Waals surface area contributed by atoms with Crippen molar-refractivity contribution < 1.29 is 9.47 Å². The predicted molar refractivity (Wildman–Crippen MR) is 56.1 cm³/mol. The van der Waals surface area contributed by atoms with Crippen molar-refractivity contribution in [3.05, 3.63) is 0 Å². The fourth-order valence-corrected chi connectivity index (χ4v) is 1.23. The average Bonchev–Trinajstić information content (AvgIpc) is 2.16. The second-order valence-electron chi connectivity index (χ2n) is 3.37. The van der Waals surface area contributed by atoms with E-state index >= 15 is 0 Å². The Bertz CT molecular complexity index is 74.2. The highest BCUT2D eigenvalue weighted by molar-refractivity contribution is 4.43. The highest BCUT2D eigenvalue weighted by atomic mass is 16.5. The van der Waals surface area contributed by atoms with Crippen molar-refractivity contribution in [1.29, 1.82) is 0 Å². The lowest BCUT2D eigenvalue weighted by Gasteiger charge is -2.03. The van der Waals surface area contributed by atoms with E-state index in [4.69, 9.17) is 9.47 Å². The van der Waals surface area contributed by atoms with Gasteiger partial charge in [-0.05, 0) is 6.42 Å². The lowest BCUT2D eigenvalue weighted by atomic mass is 10.1. The van der Waals surface area contributed by atoms with E-state index in [2.05, 4.69) is 6.92 Å². The molecule has 2 heteroatoms. The molecule has 0 unspecified atom stereocenters. The third-order valence-corrected chi connectivity index (χ3v) is 2.07. The van der Waals surface area contributed by atoms with Crippen LogP contribution in [0.2, 0.25) is 0 Å². The second kappa shape index (κ2) is 11.9. The van der Waals surface area contributed by atoms with Crippen LogP contribution in [-0.2, 0) is 9.47 Å². The van der Waals surface area contributed by atoms with Crippen LogP contribution < -0.4 is 0 Å². The Morgan fingerprint density at radius 2 is 1.46 bits per heavy atom. The minimum absolute atomic E-state index is 0.718. The maximum Gasteiger partial charge on any atom is 0.0700 e. The van der Waals surface area contributed by atoms with Crippen LogP contribution in [0, 0.1) is 0 Å². The minimum Gasteiger partial charge on any atom is -0.382 e. The molecule has 0 heterocycles. The summed E-state index contributed by atoms with van der Waals surface area (Å²) in [7, 11) is 1.70. The van der Waals surface area contributed by atoms with Crippen LogP contribution in [-0.4, -0.2) is 26.9 Å². The SMILES string of the molecule is CCCCCCCCOCCOC. The Kier molecular flexibility index (Phi) is 11.8. The Labute approximate surface area is 82.6 Å².